The van der Waals surface area contributed by atoms with Crippen LogP contribution >= 0.6 is 11.3 Å². The summed E-state index contributed by atoms with van der Waals surface area (Å²) in [7, 11) is 0. The van der Waals surface area contributed by atoms with E-state index in [4.69, 9.17) is 6.42 Å². The van der Waals surface area contributed by atoms with Crippen LogP contribution in [0.25, 0.3) is 0 Å². The quantitative estimate of drug-likeness (QED) is 0.583. The molecule has 2 heteroatoms. The molecule has 0 atom stereocenters. The third-order valence-corrected chi connectivity index (χ3v) is 2.83. The second-order valence-electron chi connectivity index (χ2n) is 2.77. The number of nitrogens with zero attached hydrogens (tertiary/aromatic N) is 1. The van der Waals surface area contributed by atoms with E-state index in [9.17, 15) is 0 Å². The molecule has 0 radical (unpaired) electrons. The van der Waals surface area contributed by atoms with Gasteiger partial charge in [0, 0.05) is 5.92 Å². The van der Waals surface area contributed by atoms with Crippen LogP contribution in [0.15, 0.2) is 0 Å². The SMILES string of the molecule is C#Cc1sc(C(C)C)nc1C. The molecule has 0 saturated carbocycles. The molecule has 1 aromatic heterocycles. The Morgan fingerprint density at radius 3 is 2.45 bits per heavy atom. The number of hydrogen-bond acceptors (Lipinski definition) is 2. The van der Waals surface area contributed by atoms with Gasteiger partial charge in [0.2, 0.25) is 0 Å². The van der Waals surface area contributed by atoms with Gasteiger partial charge in [0.1, 0.15) is 0 Å². The molecule has 1 heterocycles. The van der Waals surface area contributed by atoms with Gasteiger partial charge in [-0.3, -0.25) is 0 Å². The first-order valence-corrected chi connectivity index (χ1v) is 4.40. The van der Waals surface area contributed by atoms with Gasteiger partial charge < -0.3 is 0 Å². The predicted octanol–water partition coefficient (Wildman–Crippen LogP) is 2.56. The Hall–Kier alpha value is -0.810. The molecular weight excluding hydrogens is 154 g/mol. The van der Waals surface area contributed by atoms with Crippen molar-refractivity contribution >= 4 is 11.3 Å². The summed E-state index contributed by atoms with van der Waals surface area (Å²) in [5.74, 6) is 3.11. The lowest BCUT2D eigenvalue weighted by Crippen LogP contribution is -1.84. The highest BCUT2D eigenvalue weighted by molar-refractivity contribution is 7.12. The van der Waals surface area contributed by atoms with Gasteiger partial charge in [-0.15, -0.1) is 17.8 Å². The van der Waals surface area contributed by atoms with Gasteiger partial charge in [-0.25, -0.2) is 4.98 Å². The smallest absolute Gasteiger partial charge is 0.0996 e. The van der Waals surface area contributed by atoms with Gasteiger partial charge in [-0.2, -0.15) is 0 Å². The lowest BCUT2D eigenvalue weighted by atomic mass is 10.2. The maximum atomic E-state index is 5.28. The molecule has 0 aliphatic heterocycles. The molecular formula is C9H11NS. The van der Waals surface area contributed by atoms with Crippen molar-refractivity contribution in [1.29, 1.82) is 0 Å². The normalized spacial score (nSPS) is 10.1. The summed E-state index contributed by atoms with van der Waals surface area (Å²) in [6.07, 6.45) is 5.28. The molecule has 0 aliphatic carbocycles. The van der Waals surface area contributed by atoms with Crippen molar-refractivity contribution in [3.8, 4) is 12.3 Å². The first kappa shape index (κ1) is 8.29. The molecule has 0 fully saturated rings. The number of aromatic nitrogens is 1. The van der Waals surface area contributed by atoms with E-state index in [-0.39, 0.29) is 0 Å². The fourth-order valence-corrected chi connectivity index (χ4v) is 1.68. The van der Waals surface area contributed by atoms with Gasteiger partial charge in [0.25, 0.3) is 0 Å². The van der Waals surface area contributed by atoms with Crippen molar-refractivity contribution in [2.45, 2.75) is 26.7 Å². The van der Waals surface area contributed by atoms with Crippen molar-refractivity contribution in [2.75, 3.05) is 0 Å². The van der Waals surface area contributed by atoms with Crippen LogP contribution < -0.4 is 0 Å². The van der Waals surface area contributed by atoms with Gasteiger partial charge in [-0.1, -0.05) is 19.8 Å². The first-order chi connectivity index (χ1) is 5.15. The molecule has 0 saturated heterocycles. The summed E-state index contributed by atoms with van der Waals surface area (Å²) in [6.45, 7) is 6.20. The molecule has 1 nitrogen and oxygen atoms in total. The van der Waals surface area contributed by atoms with Crippen molar-refractivity contribution < 1.29 is 0 Å². The Labute approximate surface area is 71.5 Å². The average molecular weight is 165 g/mol. The highest BCUT2D eigenvalue weighted by Crippen LogP contribution is 2.23. The van der Waals surface area contributed by atoms with E-state index >= 15 is 0 Å². The lowest BCUT2D eigenvalue weighted by Gasteiger charge is -1.94. The molecule has 0 spiro atoms. The second kappa shape index (κ2) is 3.06. The monoisotopic (exact) mass is 165 g/mol. The van der Waals surface area contributed by atoms with Gasteiger partial charge in [-0.05, 0) is 6.92 Å². The zero-order valence-electron chi connectivity index (χ0n) is 7.01. The van der Waals surface area contributed by atoms with Crippen LogP contribution in [0, 0.1) is 19.3 Å². The van der Waals surface area contributed by atoms with E-state index in [0.29, 0.717) is 5.92 Å². The van der Waals surface area contributed by atoms with Crippen molar-refractivity contribution in [3.63, 3.8) is 0 Å². The molecule has 0 bridgehead atoms. The fourth-order valence-electron chi connectivity index (χ4n) is 0.798. The number of terminal acetylenes is 1. The van der Waals surface area contributed by atoms with E-state index in [2.05, 4.69) is 24.8 Å². The summed E-state index contributed by atoms with van der Waals surface area (Å²) in [4.78, 5) is 5.32. The molecule has 11 heavy (non-hydrogen) atoms. The molecule has 0 N–H and O–H groups in total. The highest BCUT2D eigenvalue weighted by Gasteiger charge is 2.07. The Morgan fingerprint density at radius 2 is 2.18 bits per heavy atom. The topological polar surface area (TPSA) is 12.9 Å². The zero-order valence-corrected chi connectivity index (χ0v) is 7.83. The summed E-state index contributed by atoms with van der Waals surface area (Å²) in [6, 6.07) is 0. The van der Waals surface area contributed by atoms with E-state index in [1.54, 1.807) is 11.3 Å². The molecule has 0 unspecified atom stereocenters. The number of thiazole rings is 1. The third-order valence-electron chi connectivity index (χ3n) is 1.44. The van der Waals surface area contributed by atoms with Crippen molar-refractivity contribution in [3.05, 3.63) is 15.6 Å². The Kier molecular flexibility index (Phi) is 2.31. The van der Waals surface area contributed by atoms with E-state index in [1.807, 2.05) is 6.92 Å². The van der Waals surface area contributed by atoms with Crippen molar-refractivity contribution in [2.24, 2.45) is 0 Å². The Bertz CT molecular complexity index is 291. The van der Waals surface area contributed by atoms with Crippen LogP contribution in [-0.4, -0.2) is 4.98 Å². The second-order valence-corrected chi connectivity index (χ2v) is 3.80. The van der Waals surface area contributed by atoms with Crippen LogP contribution in [-0.2, 0) is 0 Å². The minimum atomic E-state index is 0.487. The molecule has 0 amide bonds. The number of rotatable bonds is 1. The minimum Gasteiger partial charge on any atom is -0.245 e. The molecule has 58 valence electrons. The zero-order chi connectivity index (χ0) is 8.43. The third kappa shape index (κ3) is 1.61. The van der Waals surface area contributed by atoms with E-state index < -0.39 is 0 Å². The van der Waals surface area contributed by atoms with Crippen LogP contribution in [0.1, 0.15) is 35.3 Å². The summed E-state index contributed by atoms with van der Waals surface area (Å²) in [5.41, 5.74) is 0.987. The van der Waals surface area contributed by atoms with Crippen LogP contribution in [0.5, 0.6) is 0 Å². The largest absolute Gasteiger partial charge is 0.245 e. The minimum absolute atomic E-state index is 0.487. The number of hydrogen-bond donors (Lipinski definition) is 0. The maximum absolute atomic E-state index is 5.28. The predicted molar refractivity (Wildman–Crippen MR) is 48.9 cm³/mol. The van der Waals surface area contributed by atoms with E-state index in [0.717, 1.165) is 15.6 Å². The van der Waals surface area contributed by atoms with Crippen LogP contribution in [0.2, 0.25) is 0 Å². The lowest BCUT2D eigenvalue weighted by molar-refractivity contribution is 0.847. The fraction of sp³-hybridized carbons (Fsp3) is 0.444. The summed E-state index contributed by atoms with van der Waals surface area (Å²) in [5, 5.41) is 1.13. The Morgan fingerprint density at radius 1 is 1.55 bits per heavy atom. The number of aryl methyl sites for hydroxylation is 1. The molecule has 1 rings (SSSR count). The highest BCUT2D eigenvalue weighted by atomic mass is 32.1. The van der Waals surface area contributed by atoms with Crippen LogP contribution in [0.3, 0.4) is 0 Å². The summed E-state index contributed by atoms with van der Waals surface area (Å²) >= 11 is 1.62. The van der Waals surface area contributed by atoms with Crippen molar-refractivity contribution in [1.82, 2.24) is 4.98 Å². The standard InChI is InChI=1S/C9H11NS/c1-5-8-7(4)10-9(11-8)6(2)3/h1,6H,2-4H3. The molecule has 0 aliphatic rings. The summed E-state index contributed by atoms with van der Waals surface area (Å²) < 4.78 is 0. The van der Waals surface area contributed by atoms with Gasteiger partial charge in [0.05, 0.1) is 15.6 Å². The van der Waals surface area contributed by atoms with Crippen LogP contribution in [0.4, 0.5) is 0 Å². The Balaban J connectivity index is 3.07. The average Bonchev–Trinajstić information content (AvgIpc) is 2.31. The van der Waals surface area contributed by atoms with E-state index in [1.165, 1.54) is 0 Å². The molecule has 1 aromatic rings. The molecule has 0 aromatic carbocycles. The first-order valence-electron chi connectivity index (χ1n) is 3.59. The maximum Gasteiger partial charge on any atom is 0.0996 e. The van der Waals surface area contributed by atoms with Gasteiger partial charge >= 0.3 is 0 Å². The van der Waals surface area contributed by atoms with Gasteiger partial charge in [0.15, 0.2) is 0 Å².